The summed E-state index contributed by atoms with van der Waals surface area (Å²) >= 11 is 5.10. The first-order valence-corrected chi connectivity index (χ1v) is 6.80. The molecule has 3 nitrogen and oxygen atoms in total. The van der Waals surface area contributed by atoms with E-state index in [1.165, 1.54) is 4.88 Å². The molecule has 0 spiro atoms. The van der Waals surface area contributed by atoms with Crippen LogP contribution in [0.3, 0.4) is 0 Å². The largest absolute Gasteiger partial charge is 0.350 e. The average Bonchev–Trinajstić information content (AvgIpc) is 2.76. The number of thiophene rings is 1. The molecule has 0 aliphatic rings. The number of aromatic nitrogens is 1. The Morgan fingerprint density at radius 1 is 1.35 bits per heavy atom. The summed E-state index contributed by atoms with van der Waals surface area (Å²) in [6, 6.07) is 9.37. The van der Waals surface area contributed by atoms with Gasteiger partial charge in [0.1, 0.15) is 5.69 Å². The second kappa shape index (κ2) is 5.93. The molecule has 2 aromatic rings. The van der Waals surface area contributed by atoms with Crippen LogP contribution in [0.4, 0.5) is 0 Å². The van der Waals surface area contributed by atoms with Crippen molar-refractivity contribution in [3.8, 4) is 0 Å². The molecule has 0 unspecified atom stereocenters. The highest BCUT2D eigenvalue weighted by Gasteiger charge is 2.05. The third kappa shape index (κ3) is 3.64. The van der Waals surface area contributed by atoms with Gasteiger partial charge in [-0.05, 0) is 46.6 Å². The lowest BCUT2D eigenvalue weighted by Gasteiger charge is -2.02. The molecule has 88 valence electrons. The zero-order chi connectivity index (χ0) is 12.1. The zero-order valence-corrected chi connectivity index (χ0v) is 11.4. The van der Waals surface area contributed by atoms with Crippen LogP contribution in [0.25, 0.3) is 0 Å². The number of hydrogen-bond donors (Lipinski definition) is 1. The highest BCUT2D eigenvalue weighted by atomic mass is 79.9. The van der Waals surface area contributed by atoms with Gasteiger partial charge in [-0.15, -0.1) is 11.3 Å². The Hall–Kier alpha value is -1.20. The maximum absolute atomic E-state index is 11.7. The van der Waals surface area contributed by atoms with E-state index in [2.05, 4.69) is 32.3 Å². The van der Waals surface area contributed by atoms with E-state index in [0.29, 0.717) is 12.2 Å². The number of nitrogens with one attached hydrogen (secondary N) is 1. The van der Waals surface area contributed by atoms with E-state index < -0.39 is 0 Å². The van der Waals surface area contributed by atoms with Crippen LogP contribution in [0.5, 0.6) is 0 Å². The van der Waals surface area contributed by atoms with Crippen molar-refractivity contribution in [2.45, 2.75) is 6.42 Å². The summed E-state index contributed by atoms with van der Waals surface area (Å²) in [4.78, 5) is 16.9. The topological polar surface area (TPSA) is 42.0 Å². The number of rotatable bonds is 4. The Labute approximate surface area is 112 Å². The van der Waals surface area contributed by atoms with Crippen LogP contribution in [0.2, 0.25) is 0 Å². The van der Waals surface area contributed by atoms with Gasteiger partial charge in [0, 0.05) is 17.6 Å². The standard InChI is InChI=1S/C12H11BrN2OS/c13-11-5-4-9(17-11)6-8-15-12(16)10-3-1-2-7-14-10/h1-5,7H,6,8H2,(H,15,16). The monoisotopic (exact) mass is 310 g/mol. The van der Waals surface area contributed by atoms with Gasteiger partial charge in [-0.2, -0.15) is 0 Å². The van der Waals surface area contributed by atoms with Crippen molar-refractivity contribution < 1.29 is 4.79 Å². The molecule has 0 saturated heterocycles. The molecule has 0 bridgehead atoms. The molecule has 1 N–H and O–H groups in total. The van der Waals surface area contributed by atoms with Crippen molar-refractivity contribution in [3.05, 3.63) is 50.9 Å². The van der Waals surface area contributed by atoms with E-state index in [0.717, 1.165) is 10.2 Å². The number of pyridine rings is 1. The molecule has 0 aliphatic heterocycles. The molecule has 17 heavy (non-hydrogen) atoms. The molecule has 0 atom stereocenters. The molecular weight excluding hydrogens is 300 g/mol. The minimum Gasteiger partial charge on any atom is -0.350 e. The van der Waals surface area contributed by atoms with Gasteiger partial charge in [0.05, 0.1) is 3.79 Å². The lowest BCUT2D eigenvalue weighted by atomic mass is 10.3. The number of halogens is 1. The average molecular weight is 311 g/mol. The highest BCUT2D eigenvalue weighted by Crippen LogP contribution is 2.21. The Bertz CT molecular complexity index is 498. The van der Waals surface area contributed by atoms with E-state index in [1.807, 2.05) is 6.07 Å². The van der Waals surface area contributed by atoms with Gasteiger partial charge < -0.3 is 5.32 Å². The number of carbonyl (C=O) groups is 1. The van der Waals surface area contributed by atoms with Crippen molar-refractivity contribution in [2.24, 2.45) is 0 Å². The summed E-state index contributed by atoms with van der Waals surface area (Å²) in [5.41, 5.74) is 0.458. The number of hydrogen-bond acceptors (Lipinski definition) is 3. The second-order valence-electron chi connectivity index (χ2n) is 3.43. The van der Waals surface area contributed by atoms with E-state index in [9.17, 15) is 4.79 Å². The Kier molecular flexibility index (Phi) is 4.28. The van der Waals surface area contributed by atoms with Gasteiger partial charge in [0.25, 0.3) is 5.91 Å². The first kappa shape index (κ1) is 12.3. The lowest BCUT2D eigenvalue weighted by molar-refractivity contribution is 0.0949. The van der Waals surface area contributed by atoms with Crippen LogP contribution in [-0.4, -0.2) is 17.4 Å². The van der Waals surface area contributed by atoms with Gasteiger partial charge in [-0.1, -0.05) is 6.07 Å². The summed E-state index contributed by atoms with van der Waals surface area (Å²) in [6.45, 7) is 0.627. The molecule has 2 aromatic heterocycles. The molecule has 1 amide bonds. The summed E-state index contributed by atoms with van der Waals surface area (Å²) < 4.78 is 1.11. The molecule has 0 radical (unpaired) electrons. The van der Waals surface area contributed by atoms with Crippen LogP contribution >= 0.6 is 27.3 Å². The molecule has 0 aromatic carbocycles. The molecule has 2 rings (SSSR count). The number of amides is 1. The highest BCUT2D eigenvalue weighted by molar-refractivity contribution is 9.11. The third-order valence-corrected chi connectivity index (χ3v) is 3.87. The Balaban J connectivity index is 1.81. The van der Waals surface area contributed by atoms with Gasteiger partial charge in [0.15, 0.2) is 0 Å². The predicted molar refractivity (Wildman–Crippen MR) is 72.3 cm³/mol. The van der Waals surface area contributed by atoms with Crippen molar-refractivity contribution in [2.75, 3.05) is 6.54 Å². The van der Waals surface area contributed by atoms with Crippen LogP contribution in [0.1, 0.15) is 15.4 Å². The van der Waals surface area contributed by atoms with Crippen LogP contribution < -0.4 is 5.32 Å². The normalized spacial score (nSPS) is 10.2. The van der Waals surface area contributed by atoms with E-state index in [1.54, 1.807) is 35.7 Å². The van der Waals surface area contributed by atoms with Crippen LogP contribution in [-0.2, 0) is 6.42 Å². The SMILES string of the molecule is O=C(NCCc1ccc(Br)s1)c1ccccn1. The van der Waals surface area contributed by atoms with E-state index >= 15 is 0 Å². The van der Waals surface area contributed by atoms with Crippen molar-refractivity contribution >= 4 is 33.2 Å². The molecule has 2 heterocycles. The number of carbonyl (C=O) groups excluding carboxylic acids is 1. The van der Waals surface area contributed by atoms with Crippen molar-refractivity contribution in [1.82, 2.24) is 10.3 Å². The zero-order valence-electron chi connectivity index (χ0n) is 9.02. The number of nitrogens with zero attached hydrogens (tertiary/aromatic N) is 1. The summed E-state index contributed by atoms with van der Waals surface area (Å²) in [7, 11) is 0. The van der Waals surface area contributed by atoms with Gasteiger partial charge in [-0.25, -0.2) is 0 Å². The fraction of sp³-hybridized carbons (Fsp3) is 0.167. The summed E-state index contributed by atoms with van der Waals surface area (Å²) in [6.07, 6.45) is 2.46. The van der Waals surface area contributed by atoms with Crippen molar-refractivity contribution in [1.29, 1.82) is 0 Å². The van der Waals surface area contributed by atoms with Crippen LogP contribution in [0.15, 0.2) is 40.3 Å². The lowest BCUT2D eigenvalue weighted by Crippen LogP contribution is -2.26. The maximum atomic E-state index is 11.7. The minimum absolute atomic E-state index is 0.124. The van der Waals surface area contributed by atoms with Gasteiger partial charge >= 0.3 is 0 Å². The fourth-order valence-electron chi connectivity index (χ4n) is 1.37. The summed E-state index contributed by atoms with van der Waals surface area (Å²) in [5.74, 6) is -0.124. The molecular formula is C12H11BrN2OS. The van der Waals surface area contributed by atoms with E-state index in [-0.39, 0.29) is 5.91 Å². The Morgan fingerprint density at radius 3 is 2.88 bits per heavy atom. The van der Waals surface area contributed by atoms with E-state index in [4.69, 9.17) is 0 Å². The first-order chi connectivity index (χ1) is 8.25. The second-order valence-corrected chi connectivity index (χ2v) is 5.97. The minimum atomic E-state index is -0.124. The van der Waals surface area contributed by atoms with Gasteiger partial charge in [0.2, 0.25) is 0 Å². The quantitative estimate of drug-likeness (QED) is 0.943. The smallest absolute Gasteiger partial charge is 0.269 e. The molecule has 5 heteroatoms. The van der Waals surface area contributed by atoms with Crippen LogP contribution in [0, 0.1) is 0 Å². The van der Waals surface area contributed by atoms with Gasteiger partial charge in [-0.3, -0.25) is 9.78 Å². The molecule has 0 saturated carbocycles. The first-order valence-electron chi connectivity index (χ1n) is 5.19. The summed E-state index contributed by atoms with van der Waals surface area (Å²) in [5, 5.41) is 2.85. The molecule has 0 fully saturated rings. The van der Waals surface area contributed by atoms with Crippen molar-refractivity contribution in [3.63, 3.8) is 0 Å². The molecule has 0 aliphatic carbocycles. The predicted octanol–water partition coefficient (Wildman–Crippen LogP) is 2.88. The maximum Gasteiger partial charge on any atom is 0.269 e. The Morgan fingerprint density at radius 2 is 2.24 bits per heavy atom. The fourth-order valence-corrected chi connectivity index (χ4v) is 2.86. The third-order valence-electron chi connectivity index (χ3n) is 2.18.